The first-order valence-electron chi connectivity index (χ1n) is 4.05. The fourth-order valence-corrected chi connectivity index (χ4v) is 1.90. The summed E-state index contributed by atoms with van der Waals surface area (Å²) in [5, 5.41) is 0. The highest BCUT2D eigenvalue weighted by Crippen LogP contribution is 2.17. The highest BCUT2D eigenvalue weighted by molar-refractivity contribution is 14.1. The van der Waals surface area contributed by atoms with Gasteiger partial charge in [0.15, 0.2) is 18.9 Å². The predicted octanol–water partition coefficient (Wildman–Crippen LogP) is 1.26. The van der Waals surface area contributed by atoms with Crippen LogP contribution in [0.2, 0.25) is 0 Å². The zero-order valence-electron chi connectivity index (χ0n) is 7.98. The first-order valence-corrected chi connectivity index (χ1v) is 7.25. The van der Waals surface area contributed by atoms with Crippen LogP contribution in [-0.4, -0.2) is 23.7 Å². The zero-order valence-corrected chi connectivity index (χ0v) is 10.9. The molecule has 0 fully saturated rings. The summed E-state index contributed by atoms with van der Waals surface area (Å²) in [6.07, 6.45) is 1.04. The van der Waals surface area contributed by atoms with Gasteiger partial charge in [-0.25, -0.2) is 8.42 Å². The van der Waals surface area contributed by atoms with Crippen molar-refractivity contribution in [2.24, 2.45) is 0 Å². The van der Waals surface area contributed by atoms with Crippen molar-refractivity contribution in [3.63, 3.8) is 0 Å². The van der Waals surface area contributed by atoms with Crippen LogP contribution in [-0.2, 0) is 9.84 Å². The number of carbonyl (C=O) groups is 1. The SMILES string of the molecule is CS(=O)(=O)C(I)C(=O)c1cccc(N)c1. The maximum atomic E-state index is 11.7. The van der Waals surface area contributed by atoms with Crippen molar-refractivity contribution in [3.05, 3.63) is 29.8 Å². The van der Waals surface area contributed by atoms with Crippen LogP contribution >= 0.6 is 22.6 Å². The van der Waals surface area contributed by atoms with Crippen LogP contribution in [0.5, 0.6) is 0 Å². The fraction of sp³-hybridized carbons (Fsp3) is 0.222. The lowest BCUT2D eigenvalue weighted by molar-refractivity contribution is 0.101. The van der Waals surface area contributed by atoms with E-state index in [1.807, 2.05) is 0 Å². The molecule has 0 radical (unpaired) electrons. The highest BCUT2D eigenvalue weighted by atomic mass is 127. The summed E-state index contributed by atoms with van der Waals surface area (Å²) in [7, 11) is -3.37. The molecule has 0 heterocycles. The van der Waals surface area contributed by atoms with E-state index in [-0.39, 0.29) is 0 Å². The van der Waals surface area contributed by atoms with Crippen molar-refractivity contribution in [1.29, 1.82) is 0 Å². The lowest BCUT2D eigenvalue weighted by Gasteiger charge is -2.06. The van der Waals surface area contributed by atoms with Gasteiger partial charge in [0, 0.05) is 17.5 Å². The summed E-state index contributed by atoms with van der Waals surface area (Å²) in [6.45, 7) is 0. The van der Waals surface area contributed by atoms with Crippen molar-refractivity contribution in [3.8, 4) is 0 Å². The number of ketones is 1. The van der Waals surface area contributed by atoms with Gasteiger partial charge >= 0.3 is 0 Å². The minimum Gasteiger partial charge on any atom is -0.399 e. The molecule has 0 amide bonds. The van der Waals surface area contributed by atoms with Gasteiger partial charge in [-0.2, -0.15) is 0 Å². The van der Waals surface area contributed by atoms with Gasteiger partial charge in [0.1, 0.15) is 0 Å². The number of alkyl halides is 1. The predicted molar refractivity (Wildman–Crippen MR) is 67.8 cm³/mol. The molecular weight excluding hydrogens is 329 g/mol. The lowest BCUT2D eigenvalue weighted by Crippen LogP contribution is -2.23. The Morgan fingerprint density at radius 2 is 2.07 bits per heavy atom. The van der Waals surface area contributed by atoms with E-state index in [0.717, 1.165) is 6.26 Å². The van der Waals surface area contributed by atoms with Crippen LogP contribution in [0.3, 0.4) is 0 Å². The maximum Gasteiger partial charge on any atom is 0.190 e. The Kier molecular flexibility index (Phi) is 3.72. The Bertz CT molecular complexity index is 484. The average Bonchev–Trinajstić information content (AvgIpc) is 2.14. The van der Waals surface area contributed by atoms with E-state index in [9.17, 15) is 13.2 Å². The van der Waals surface area contributed by atoms with Crippen molar-refractivity contribution >= 4 is 43.9 Å². The molecule has 0 saturated heterocycles. The number of nitrogens with two attached hydrogens (primary N) is 1. The molecule has 2 N–H and O–H groups in total. The third-order valence-electron chi connectivity index (χ3n) is 1.75. The number of halogens is 1. The Morgan fingerprint density at radius 3 is 2.53 bits per heavy atom. The molecule has 0 spiro atoms. The quantitative estimate of drug-likeness (QED) is 0.389. The molecule has 82 valence electrons. The highest BCUT2D eigenvalue weighted by Gasteiger charge is 2.26. The van der Waals surface area contributed by atoms with Crippen LogP contribution in [0.1, 0.15) is 10.4 Å². The van der Waals surface area contributed by atoms with E-state index < -0.39 is 18.9 Å². The van der Waals surface area contributed by atoms with Crippen molar-refractivity contribution in [2.75, 3.05) is 12.0 Å². The second-order valence-corrected chi connectivity index (χ2v) is 7.36. The molecule has 0 aliphatic rings. The zero-order chi connectivity index (χ0) is 11.6. The molecule has 0 aromatic heterocycles. The molecule has 0 aliphatic carbocycles. The summed E-state index contributed by atoms with van der Waals surface area (Å²) >= 11 is 1.61. The molecule has 0 aliphatic heterocycles. The molecule has 0 saturated carbocycles. The summed E-state index contributed by atoms with van der Waals surface area (Å²) in [4.78, 5) is 11.7. The number of anilines is 1. The molecule has 15 heavy (non-hydrogen) atoms. The van der Waals surface area contributed by atoms with Gasteiger partial charge in [-0.15, -0.1) is 0 Å². The normalized spacial score (nSPS) is 13.5. The van der Waals surface area contributed by atoms with E-state index in [4.69, 9.17) is 5.73 Å². The number of hydrogen-bond donors (Lipinski definition) is 1. The molecule has 0 bridgehead atoms. The maximum absolute atomic E-state index is 11.7. The third-order valence-corrected chi connectivity index (χ3v) is 6.06. The summed E-state index contributed by atoms with van der Waals surface area (Å²) in [6, 6.07) is 6.28. The summed E-state index contributed by atoms with van der Waals surface area (Å²) in [5.41, 5.74) is 6.26. The van der Waals surface area contributed by atoms with E-state index in [2.05, 4.69) is 0 Å². The number of Topliss-reactive ketones (excluding diaryl/α,β-unsaturated/α-hetero) is 1. The van der Waals surface area contributed by atoms with Crippen LogP contribution in [0.4, 0.5) is 5.69 Å². The second kappa shape index (κ2) is 4.48. The lowest BCUT2D eigenvalue weighted by atomic mass is 10.1. The van der Waals surface area contributed by atoms with Crippen LogP contribution in [0.25, 0.3) is 0 Å². The first kappa shape index (κ1) is 12.4. The van der Waals surface area contributed by atoms with E-state index in [1.165, 1.54) is 6.07 Å². The average molecular weight is 339 g/mol. The largest absolute Gasteiger partial charge is 0.399 e. The van der Waals surface area contributed by atoms with Crippen LogP contribution in [0, 0.1) is 0 Å². The molecule has 1 aromatic carbocycles. The number of carbonyl (C=O) groups excluding carboxylic acids is 1. The van der Waals surface area contributed by atoms with Gasteiger partial charge in [-0.1, -0.05) is 34.7 Å². The second-order valence-electron chi connectivity index (χ2n) is 3.14. The first-order chi connectivity index (χ1) is 6.82. The topological polar surface area (TPSA) is 77.2 Å². The summed E-state index contributed by atoms with van der Waals surface area (Å²) < 4.78 is 21.3. The van der Waals surface area contributed by atoms with Gasteiger partial charge in [0.05, 0.1) is 0 Å². The fourth-order valence-electron chi connectivity index (χ4n) is 1.02. The Labute approximate surface area is 102 Å². The number of hydrogen-bond acceptors (Lipinski definition) is 4. The smallest absolute Gasteiger partial charge is 0.190 e. The molecule has 1 aromatic rings. The Hall–Kier alpha value is -0.630. The molecule has 1 rings (SSSR count). The number of benzene rings is 1. The van der Waals surface area contributed by atoms with Gasteiger partial charge in [0.2, 0.25) is 0 Å². The van der Waals surface area contributed by atoms with E-state index >= 15 is 0 Å². The monoisotopic (exact) mass is 339 g/mol. The molecule has 6 heteroatoms. The van der Waals surface area contributed by atoms with Crippen molar-refractivity contribution in [2.45, 2.75) is 3.26 Å². The number of rotatable bonds is 3. The molecule has 1 atom stereocenters. The van der Waals surface area contributed by atoms with E-state index in [0.29, 0.717) is 11.3 Å². The molecule has 4 nitrogen and oxygen atoms in total. The van der Waals surface area contributed by atoms with Crippen molar-refractivity contribution in [1.82, 2.24) is 0 Å². The molecule has 1 unspecified atom stereocenters. The third kappa shape index (κ3) is 3.16. The Balaban J connectivity index is 3.06. The minimum absolute atomic E-state index is 0.319. The number of nitrogen functional groups attached to an aromatic ring is 1. The van der Waals surface area contributed by atoms with Crippen molar-refractivity contribution < 1.29 is 13.2 Å². The van der Waals surface area contributed by atoms with Gasteiger partial charge in [0.25, 0.3) is 0 Å². The molecular formula is C9H10INO3S. The van der Waals surface area contributed by atoms with Crippen LogP contribution < -0.4 is 5.73 Å². The van der Waals surface area contributed by atoms with Crippen LogP contribution in [0.15, 0.2) is 24.3 Å². The number of sulfone groups is 1. The summed E-state index contributed by atoms with van der Waals surface area (Å²) in [5.74, 6) is -0.439. The standard InChI is InChI=1S/C9H10INO3S/c1-15(13,14)9(10)8(12)6-3-2-4-7(11)5-6/h2-5,9H,11H2,1H3. The van der Waals surface area contributed by atoms with Gasteiger partial charge in [-0.3, -0.25) is 4.79 Å². The Morgan fingerprint density at radius 1 is 1.47 bits per heavy atom. The van der Waals surface area contributed by atoms with Gasteiger partial charge < -0.3 is 5.73 Å². The minimum atomic E-state index is -3.37. The van der Waals surface area contributed by atoms with E-state index in [1.54, 1.807) is 40.8 Å². The van der Waals surface area contributed by atoms with Gasteiger partial charge in [-0.05, 0) is 12.1 Å².